The van der Waals surface area contributed by atoms with Crippen molar-refractivity contribution in [3.8, 4) is 0 Å². The standard InChI is InChI=1S/C8H16N2O3/c1-2-3-8(10(11)12)9-4-6-13-7-5-9/h8H,2-7H2,1H3. The van der Waals surface area contributed by atoms with Gasteiger partial charge in [-0.25, -0.2) is 4.90 Å². The molecule has 1 aliphatic heterocycles. The maximum Gasteiger partial charge on any atom is 0.268 e. The lowest BCUT2D eigenvalue weighted by Crippen LogP contribution is -2.47. The van der Waals surface area contributed by atoms with Gasteiger partial charge >= 0.3 is 0 Å². The Labute approximate surface area is 77.8 Å². The lowest BCUT2D eigenvalue weighted by Gasteiger charge is -2.28. The van der Waals surface area contributed by atoms with Gasteiger partial charge in [0, 0.05) is 24.4 Å². The summed E-state index contributed by atoms with van der Waals surface area (Å²) >= 11 is 0. The Morgan fingerprint density at radius 2 is 2.15 bits per heavy atom. The zero-order valence-electron chi connectivity index (χ0n) is 7.94. The Kier molecular flexibility index (Phi) is 4.11. The largest absolute Gasteiger partial charge is 0.379 e. The molecule has 1 aliphatic rings. The number of hydrogen-bond donors (Lipinski definition) is 0. The monoisotopic (exact) mass is 188 g/mol. The van der Waals surface area contributed by atoms with E-state index in [-0.39, 0.29) is 4.92 Å². The Bertz CT molecular complexity index is 169. The van der Waals surface area contributed by atoms with Gasteiger partial charge in [-0.3, -0.25) is 10.1 Å². The molecule has 0 radical (unpaired) electrons. The van der Waals surface area contributed by atoms with E-state index < -0.39 is 6.17 Å². The summed E-state index contributed by atoms with van der Waals surface area (Å²) in [6.07, 6.45) is 0.976. The molecule has 0 amide bonds. The van der Waals surface area contributed by atoms with E-state index in [1.165, 1.54) is 0 Å². The SMILES string of the molecule is CCCC(N1CCOCC1)[N+](=O)[O-]. The summed E-state index contributed by atoms with van der Waals surface area (Å²) in [5.41, 5.74) is 0. The maximum absolute atomic E-state index is 10.7. The van der Waals surface area contributed by atoms with Crippen molar-refractivity contribution in [1.82, 2.24) is 4.90 Å². The highest BCUT2D eigenvalue weighted by Gasteiger charge is 2.28. The lowest BCUT2D eigenvalue weighted by atomic mass is 10.2. The molecule has 0 aromatic heterocycles. The van der Waals surface area contributed by atoms with Gasteiger partial charge in [0.1, 0.15) is 0 Å². The predicted octanol–water partition coefficient (Wildman–Crippen LogP) is 0.722. The van der Waals surface area contributed by atoms with Gasteiger partial charge in [-0.2, -0.15) is 0 Å². The summed E-state index contributed by atoms with van der Waals surface area (Å²) in [6, 6.07) is 0. The fourth-order valence-corrected chi connectivity index (χ4v) is 1.56. The van der Waals surface area contributed by atoms with Crippen LogP contribution in [0.2, 0.25) is 0 Å². The third-order valence-electron chi connectivity index (χ3n) is 2.26. The highest BCUT2D eigenvalue weighted by molar-refractivity contribution is 4.65. The minimum atomic E-state index is -0.506. The molecule has 5 heteroatoms. The van der Waals surface area contributed by atoms with E-state index in [1.54, 1.807) is 0 Å². The fraction of sp³-hybridized carbons (Fsp3) is 1.00. The Hall–Kier alpha value is -0.680. The highest BCUT2D eigenvalue weighted by atomic mass is 16.6. The minimum Gasteiger partial charge on any atom is -0.379 e. The molecule has 0 bridgehead atoms. The van der Waals surface area contributed by atoms with E-state index in [4.69, 9.17) is 4.74 Å². The third kappa shape index (κ3) is 2.93. The quantitative estimate of drug-likeness (QED) is 0.482. The number of rotatable bonds is 4. The van der Waals surface area contributed by atoms with Gasteiger partial charge in [0.25, 0.3) is 6.17 Å². The van der Waals surface area contributed by atoms with Crippen LogP contribution >= 0.6 is 0 Å². The molecule has 0 N–H and O–H groups in total. The minimum absolute atomic E-state index is 0.186. The molecule has 0 spiro atoms. The molecule has 1 rings (SSSR count). The zero-order chi connectivity index (χ0) is 9.68. The topological polar surface area (TPSA) is 55.6 Å². The molecule has 1 atom stereocenters. The van der Waals surface area contributed by atoms with E-state index >= 15 is 0 Å². The van der Waals surface area contributed by atoms with Crippen LogP contribution in [-0.4, -0.2) is 42.3 Å². The van der Waals surface area contributed by atoms with Crippen LogP contribution < -0.4 is 0 Å². The van der Waals surface area contributed by atoms with Crippen LogP contribution in [0.1, 0.15) is 19.8 Å². The average Bonchev–Trinajstić information content (AvgIpc) is 2.15. The van der Waals surface area contributed by atoms with Crippen molar-refractivity contribution >= 4 is 0 Å². The molecule has 1 heterocycles. The molecule has 0 saturated carbocycles. The van der Waals surface area contributed by atoms with Crippen molar-refractivity contribution in [2.75, 3.05) is 26.3 Å². The molecule has 0 aromatic rings. The second-order valence-electron chi connectivity index (χ2n) is 3.20. The van der Waals surface area contributed by atoms with Crippen molar-refractivity contribution in [2.45, 2.75) is 25.9 Å². The number of nitrogens with zero attached hydrogens (tertiary/aromatic N) is 2. The second-order valence-corrected chi connectivity index (χ2v) is 3.20. The predicted molar refractivity (Wildman–Crippen MR) is 48.1 cm³/mol. The van der Waals surface area contributed by atoms with E-state index in [0.29, 0.717) is 32.7 Å². The Morgan fingerprint density at radius 3 is 2.62 bits per heavy atom. The first-order valence-corrected chi connectivity index (χ1v) is 4.71. The highest BCUT2D eigenvalue weighted by Crippen LogP contribution is 2.09. The zero-order valence-corrected chi connectivity index (χ0v) is 7.94. The molecule has 0 aromatic carbocycles. The van der Waals surface area contributed by atoms with Crippen LogP contribution in [0.5, 0.6) is 0 Å². The van der Waals surface area contributed by atoms with Crippen LogP contribution in [0, 0.1) is 10.1 Å². The van der Waals surface area contributed by atoms with Crippen molar-refractivity contribution in [2.24, 2.45) is 0 Å². The molecular weight excluding hydrogens is 172 g/mol. The number of morpholine rings is 1. The van der Waals surface area contributed by atoms with Crippen molar-refractivity contribution in [1.29, 1.82) is 0 Å². The average molecular weight is 188 g/mol. The first-order valence-electron chi connectivity index (χ1n) is 4.71. The summed E-state index contributed by atoms with van der Waals surface area (Å²) < 4.78 is 5.14. The van der Waals surface area contributed by atoms with Gasteiger partial charge in [0.2, 0.25) is 0 Å². The molecule has 1 fully saturated rings. The van der Waals surface area contributed by atoms with Gasteiger partial charge in [-0.05, 0) is 6.42 Å². The summed E-state index contributed by atoms with van der Waals surface area (Å²) in [6.45, 7) is 4.58. The molecule has 1 saturated heterocycles. The van der Waals surface area contributed by atoms with Crippen molar-refractivity contribution in [3.05, 3.63) is 10.1 Å². The number of nitro groups is 1. The summed E-state index contributed by atoms with van der Waals surface area (Å²) in [7, 11) is 0. The first-order chi connectivity index (χ1) is 6.25. The first kappa shape index (κ1) is 10.4. The van der Waals surface area contributed by atoms with Gasteiger partial charge < -0.3 is 4.74 Å². The van der Waals surface area contributed by atoms with Crippen LogP contribution in [0.3, 0.4) is 0 Å². The van der Waals surface area contributed by atoms with E-state index in [9.17, 15) is 10.1 Å². The van der Waals surface area contributed by atoms with Crippen molar-refractivity contribution < 1.29 is 9.66 Å². The Morgan fingerprint density at radius 1 is 1.54 bits per heavy atom. The van der Waals surface area contributed by atoms with Crippen LogP contribution in [0.25, 0.3) is 0 Å². The van der Waals surface area contributed by atoms with Gasteiger partial charge in [-0.1, -0.05) is 6.92 Å². The fourth-order valence-electron chi connectivity index (χ4n) is 1.56. The van der Waals surface area contributed by atoms with E-state index in [2.05, 4.69) is 0 Å². The molecular formula is C8H16N2O3. The summed E-state index contributed by atoms with van der Waals surface area (Å²) in [5, 5.41) is 10.7. The third-order valence-corrected chi connectivity index (χ3v) is 2.26. The van der Waals surface area contributed by atoms with E-state index in [1.807, 2.05) is 11.8 Å². The van der Waals surface area contributed by atoms with Crippen molar-refractivity contribution in [3.63, 3.8) is 0 Å². The molecule has 13 heavy (non-hydrogen) atoms. The number of hydrogen-bond acceptors (Lipinski definition) is 4. The van der Waals surface area contributed by atoms with Gasteiger partial charge in [-0.15, -0.1) is 0 Å². The summed E-state index contributed by atoms with van der Waals surface area (Å²) in [5.74, 6) is 0. The Balaban J connectivity index is 2.46. The van der Waals surface area contributed by atoms with Gasteiger partial charge in [0.05, 0.1) is 13.2 Å². The second kappa shape index (κ2) is 5.14. The van der Waals surface area contributed by atoms with Crippen LogP contribution in [0.15, 0.2) is 0 Å². The normalized spacial score (nSPS) is 21.3. The smallest absolute Gasteiger partial charge is 0.268 e. The summed E-state index contributed by atoms with van der Waals surface area (Å²) in [4.78, 5) is 12.4. The molecule has 0 aliphatic carbocycles. The van der Waals surface area contributed by atoms with Crippen LogP contribution in [-0.2, 0) is 4.74 Å². The maximum atomic E-state index is 10.7. The molecule has 76 valence electrons. The number of ether oxygens (including phenoxy) is 1. The molecule has 5 nitrogen and oxygen atoms in total. The lowest BCUT2D eigenvalue weighted by molar-refractivity contribution is -0.553. The van der Waals surface area contributed by atoms with Gasteiger partial charge in [0.15, 0.2) is 0 Å². The van der Waals surface area contributed by atoms with Crippen LogP contribution in [0.4, 0.5) is 0 Å². The van der Waals surface area contributed by atoms with E-state index in [0.717, 1.165) is 6.42 Å². The molecule has 1 unspecified atom stereocenters.